The highest BCUT2D eigenvalue weighted by Crippen LogP contribution is 2.40. The van der Waals surface area contributed by atoms with Crippen molar-refractivity contribution in [2.75, 3.05) is 18.0 Å². The van der Waals surface area contributed by atoms with Crippen LogP contribution < -0.4 is 9.64 Å². The number of anilines is 1. The molecule has 0 atom stereocenters. The zero-order valence-corrected chi connectivity index (χ0v) is 20.5. The van der Waals surface area contributed by atoms with Gasteiger partial charge in [0.2, 0.25) is 0 Å². The third kappa shape index (κ3) is 4.77. The minimum Gasteiger partial charge on any atom is -0.454 e. The number of benzene rings is 4. The van der Waals surface area contributed by atoms with E-state index in [0.717, 1.165) is 48.9 Å². The van der Waals surface area contributed by atoms with Gasteiger partial charge in [-0.05, 0) is 98.2 Å². The van der Waals surface area contributed by atoms with Crippen LogP contribution in [0, 0.1) is 10.1 Å². The lowest BCUT2D eigenvalue weighted by molar-refractivity contribution is -0.384. The van der Waals surface area contributed by atoms with Crippen LogP contribution in [-0.4, -0.2) is 18.0 Å². The van der Waals surface area contributed by atoms with E-state index in [1.807, 2.05) is 12.1 Å². The average Bonchev–Trinajstić information content (AvgIpc) is 3.35. The Morgan fingerprint density at radius 2 is 1.64 bits per heavy atom. The van der Waals surface area contributed by atoms with Gasteiger partial charge >= 0.3 is 0 Å². The number of hydrogen-bond acceptors (Lipinski definition) is 6. The van der Waals surface area contributed by atoms with Crippen molar-refractivity contribution in [3.8, 4) is 11.5 Å². The molecule has 0 amide bonds. The second kappa shape index (κ2) is 10.2. The average molecular weight is 481 g/mol. The Morgan fingerprint density at radius 1 is 0.889 bits per heavy atom. The molecular weight excluding hydrogens is 452 g/mol. The lowest BCUT2D eigenvalue weighted by Gasteiger charge is -2.21. The fraction of sp³-hybridized carbons (Fsp3) is 0.241. The molecule has 0 saturated heterocycles. The number of non-ortho nitro benzene ring substituents is 1. The Labute approximate surface area is 210 Å². The maximum absolute atomic E-state index is 10.9. The molecule has 5 rings (SSSR count). The van der Waals surface area contributed by atoms with Gasteiger partial charge in [0.1, 0.15) is 11.4 Å². The van der Waals surface area contributed by atoms with Crippen molar-refractivity contribution in [2.45, 2.75) is 33.1 Å². The Morgan fingerprint density at radius 3 is 2.36 bits per heavy atom. The van der Waals surface area contributed by atoms with E-state index < -0.39 is 4.92 Å². The number of nitro groups is 1. The van der Waals surface area contributed by atoms with Gasteiger partial charge in [0.05, 0.1) is 10.6 Å². The molecule has 0 saturated carbocycles. The van der Waals surface area contributed by atoms with Crippen LogP contribution in [0.25, 0.3) is 10.8 Å². The van der Waals surface area contributed by atoms with E-state index in [1.165, 1.54) is 28.9 Å². The van der Waals surface area contributed by atoms with E-state index in [1.54, 1.807) is 12.1 Å². The molecule has 7 nitrogen and oxygen atoms in total. The smallest absolute Gasteiger partial charge is 0.269 e. The van der Waals surface area contributed by atoms with Crippen molar-refractivity contribution in [1.82, 2.24) is 0 Å². The first kappa shape index (κ1) is 23.5. The van der Waals surface area contributed by atoms with Gasteiger partial charge in [-0.25, -0.2) is 0 Å². The van der Waals surface area contributed by atoms with Gasteiger partial charge in [-0.2, -0.15) is 5.11 Å². The quantitative estimate of drug-likeness (QED) is 0.144. The van der Waals surface area contributed by atoms with Crippen molar-refractivity contribution < 1.29 is 9.66 Å². The van der Waals surface area contributed by atoms with Crippen LogP contribution in [-0.2, 0) is 12.8 Å². The van der Waals surface area contributed by atoms with Crippen LogP contribution in [0.1, 0.15) is 31.4 Å². The Kier molecular flexibility index (Phi) is 6.62. The summed E-state index contributed by atoms with van der Waals surface area (Å²) in [7, 11) is 0. The summed E-state index contributed by atoms with van der Waals surface area (Å²) in [6.07, 6.45) is 3.15. The summed E-state index contributed by atoms with van der Waals surface area (Å²) >= 11 is 0. The maximum Gasteiger partial charge on any atom is 0.269 e. The van der Waals surface area contributed by atoms with Gasteiger partial charge in [-0.3, -0.25) is 10.1 Å². The summed E-state index contributed by atoms with van der Waals surface area (Å²) in [5, 5.41) is 21.9. The predicted molar refractivity (Wildman–Crippen MR) is 143 cm³/mol. The summed E-state index contributed by atoms with van der Waals surface area (Å²) < 4.78 is 6.48. The maximum atomic E-state index is 10.9. The first-order chi connectivity index (χ1) is 17.6. The number of nitrogens with zero attached hydrogens (tertiary/aromatic N) is 4. The fourth-order valence-corrected chi connectivity index (χ4v) is 4.74. The van der Waals surface area contributed by atoms with Crippen molar-refractivity contribution in [3.63, 3.8) is 0 Å². The van der Waals surface area contributed by atoms with E-state index in [9.17, 15) is 10.1 Å². The number of rotatable bonds is 8. The van der Waals surface area contributed by atoms with Gasteiger partial charge in [0.15, 0.2) is 5.75 Å². The molecule has 0 bridgehead atoms. The highest BCUT2D eigenvalue weighted by atomic mass is 16.6. The number of ether oxygens (including phenoxy) is 1. The second-order valence-corrected chi connectivity index (χ2v) is 8.85. The molecule has 36 heavy (non-hydrogen) atoms. The normalized spacial score (nSPS) is 12.7. The lowest BCUT2D eigenvalue weighted by atomic mass is 10.1. The molecule has 4 aromatic rings. The van der Waals surface area contributed by atoms with Crippen molar-refractivity contribution in [1.29, 1.82) is 0 Å². The lowest BCUT2D eigenvalue weighted by Crippen LogP contribution is -2.21. The molecule has 4 aromatic carbocycles. The van der Waals surface area contributed by atoms with Crippen LogP contribution in [0.3, 0.4) is 0 Å². The number of nitro benzene ring substituents is 1. The number of fused-ring (bicyclic) bond motifs is 2. The largest absolute Gasteiger partial charge is 0.454 e. The van der Waals surface area contributed by atoms with Crippen LogP contribution in [0.4, 0.5) is 22.7 Å². The van der Waals surface area contributed by atoms with Gasteiger partial charge in [-0.1, -0.05) is 12.1 Å². The summed E-state index contributed by atoms with van der Waals surface area (Å²) in [6.45, 7) is 6.23. The minimum atomic E-state index is -0.428. The molecule has 0 aliphatic heterocycles. The van der Waals surface area contributed by atoms with Crippen molar-refractivity contribution in [3.05, 3.63) is 94.0 Å². The Bertz CT molecular complexity index is 1440. The molecule has 0 spiro atoms. The minimum absolute atomic E-state index is 0.0237. The van der Waals surface area contributed by atoms with Crippen molar-refractivity contribution in [2.24, 2.45) is 10.2 Å². The molecule has 0 unspecified atom stereocenters. The molecular formula is C29H28N4O3. The van der Waals surface area contributed by atoms with Gasteiger partial charge < -0.3 is 9.64 Å². The molecule has 0 heterocycles. The molecule has 0 radical (unpaired) electrons. The van der Waals surface area contributed by atoms with E-state index in [-0.39, 0.29) is 5.69 Å². The van der Waals surface area contributed by atoms with Gasteiger partial charge in [0, 0.05) is 36.3 Å². The van der Waals surface area contributed by atoms with Crippen LogP contribution in [0.5, 0.6) is 11.5 Å². The van der Waals surface area contributed by atoms with Crippen molar-refractivity contribution >= 4 is 33.5 Å². The summed E-state index contributed by atoms with van der Waals surface area (Å²) in [4.78, 5) is 12.8. The Balaban J connectivity index is 1.50. The number of azo groups is 1. The standard InChI is InChI=1S/C29H28N4O3/c1-3-32(4-2)25-15-16-26-22(17-25)9-6-10-28(26)36-29-19-21-8-5-7-20(21)18-27(29)31-30-23-11-13-24(14-12-23)33(34)35/h6,9-19H,3-5,7-8H2,1-2H3. The number of hydrogen-bond donors (Lipinski definition) is 0. The monoisotopic (exact) mass is 480 g/mol. The van der Waals surface area contributed by atoms with Gasteiger partial charge in [0.25, 0.3) is 5.69 Å². The van der Waals surface area contributed by atoms with E-state index in [2.05, 4.69) is 65.4 Å². The van der Waals surface area contributed by atoms with Crippen LogP contribution in [0.15, 0.2) is 83.0 Å². The molecule has 1 aliphatic carbocycles. The topological polar surface area (TPSA) is 80.3 Å². The zero-order valence-electron chi connectivity index (χ0n) is 20.5. The zero-order chi connectivity index (χ0) is 25.1. The fourth-order valence-electron chi connectivity index (χ4n) is 4.74. The Hall–Kier alpha value is -4.26. The first-order valence-electron chi connectivity index (χ1n) is 12.3. The molecule has 7 heteroatoms. The highest BCUT2D eigenvalue weighted by molar-refractivity contribution is 5.91. The molecule has 182 valence electrons. The van der Waals surface area contributed by atoms with Gasteiger partial charge in [-0.15, -0.1) is 5.11 Å². The molecule has 0 fully saturated rings. The second-order valence-electron chi connectivity index (χ2n) is 8.85. The SMILES string of the molecule is CCN(CC)c1ccc2c(Oc3cc4c(cc3N=Nc3ccc([N+](=O)[O-])cc3)CCC4)cccc2c1. The van der Waals surface area contributed by atoms with E-state index >= 15 is 0 Å². The summed E-state index contributed by atoms with van der Waals surface area (Å²) in [5.41, 5.74) is 4.95. The van der Waals surface area contributed by atoms with Crippen LogP contribution in [0.2, 0.25) is 0 Å². The summed E-state index contributed by atoms with van der Waals surface area (Å²) in [6, 6.07) is 22.7. The van der Waals surface area contributed by atoms with Crippen LogP contribution >= 0.6 is 0 Å². The third-order valence-corrected chi connectivity index (χ3v) is 6.68. The summed E-state index contributed by atoms with van der Waals surface area (Å²) in [5.74, 6) is 1.42. The third-order valence-electron chi connectivity index (χ3n) is 6.68. The van der Waals surface area contributed by atoms with E-state index in [0.29, 0.717) is 17.1 Å². The first-order valence-corrected chi connectivity index (χ1v) is 12.3. The highest BCUT2D eigenvalue weighted by Gasteiger charge is 2.17. The molecule has 0 N–H and O–H groups in total. The van der Waals surface area contributed by atoms with E-state index in [4.69, 9.17) is 4.74 Å². The molecule has 0 aromatic heterocycles. The predicted octanol–water partition coefficient (Wildman–Crippen LogP) is 8.29. The molecule has 1 aliphatic rings. The number of aryl methyl sites for hydroxylation is 2.